The Labute approximate surface area is 210 Å². The van der Waals surface area contributed by atoms with Gasteiger partial charge in [-0.25, -0.2) is 4.98 Å². The van der Waals surface area contributed by atoms with Gasteiger partial charge in [0.15, 0.2) is 5.13 Å². The summed E-state index contributed by atoms with van der Waals surface area (Å²) in [4.78, 5) is 19.3. The van der Waals surface area contributed by atoms with Crippen LogP contribution in [0.15, 0.2) is 78.2 Å². The lowest BCUT2D eigenvalue weighted by Gasteiger charge is -2.22. The highest BCUT2D eigenvalue weighted by Gasteiger charge is 2.30. The van der Waals surface area contributed by atoms with E-state index in [1.165, 1.54) is 23.5 Å². The van der Waals surface area contributed by atoms with Crippen LogP contribution < -0.4 is 10.2 Å². The van der Waals surface area contributed by atoms with E-state index in [1.807, 2.05) is 42.6 Å². The van der Waals surface area contributed by atoms with Crippen molar-refractivity contribution in [3.8, 4) is 11.3 Å². The van der Waals surface area contributed by atoms with Crippen molar-refractivity contribution in [1.82, 2.24) is 10.3 Å². The highest BCUT2D eigenvalue weighted by atomic mass is 35.5. The number of amides is 1. The van der Waals surface area contributed by atoms with E-state index in [0.717, 1.165) is 29.0 Å². The monoisotopic (exact) mass is 515 g/mol. The first-order chi connectivity index (χ1) is 16.7. The predicted molar refractivity (Wildman–Crippen MR) is 134 cm³/mol. The maximum absolute atomic E-state index is 13.0. The summed E-state index contributed by atoms with van der Waals surface area (Å²) >= 11 is 7.80. The number of rotatable bonds is 7. The molecular formula is C26H21ClF3N3OS. The van der Waals surface area contributed by atoms with Gasteiger partial charge in [-0.3, -0.25) is 4.79 Å². The first-order valence-electron chi connectivity index (χ1n) is 10.7. The van der Waals surface area contributed by atoms with Gasteiger partial charge < -0.3 is 10.2 Å². The molecule has 3 aromatic carbocycles. The molecule has 0 atom stereocenters. The lowest BCUT2D eigenvalue weighted by atomic mass is 10.1. The fraction of sp³-hybridized carbons (Fsp3) is 0.154. The van der Waals surface area contributed by atoms with Gasteiger partial charge in [0.05, 0.1) is 22.0 Å². The van der Waals surface area contributed by atoms with Crippen molar-refractivity contribution < 1.29 is 18.0 Å². The molecule has 4 nitrogen and oxygen atoms in total. The van der Waals surface area contributed by atoms with Gasteiger partial charge in [0.1, 0.15) is 6.54 Å². The number of benzene rings is 3. The Morgan fingerprint density at radius 1 is 1.06 bits per heavy atom. The number of carbonyl (C=O) groups is 1. The number of halogens is 4. The Morgan fingerprint density at radius 3 is 2.51 bits per heavy atom. The van der Waals surface area contributed by atoms with E-state index in [2.05, 4.69) is 5.32 Å². The van der Waals surface area contributed by atoms with Crippen LogP contribution in [0.25, 0.3) is 11.3 Å². The van der Waals surface area contributed by atoms with Crippen LogP contribution in [0.2, 0.25) is 5.02 Å². The molecule has 0 aliphatic carbocycles. The highest BCUT2D eigenvalue weighted by Crippen LogP contribution is 2.35. The van der Waals surface area contributed by atoms with Gasteiger partial charge in [0.25, 0.3) is 0 Å². The van der Waals surface area contributed by atoms with Crippen molar-refractivity contribution in [3.63, 3.8) is 0 Å². The summed E-state index contributed by atoms with van der Waals surface area (Å²) in [7, 11) is 0. The van der Waals surface area contributed by atoms with E-state index in [0.29, 0.717) is 21.4 Å². The molecule has 0 saturated carbocycles. The van der Waals surface area contributed by atoms with Gasteiger partial charge in [-0.2, -0.15) is 13.2 Å². The van der Waals surface area contributed by atoms with E-state index in [1.54, 1.807) is 23.1 Å². The molecule has 0 spiro atoms. The Bertz CT molecular complexity index is 1320. The SMILES string of the molecule is Cc1ccc(-c2csc(N(CC(=O)NCc3cccc(C(F)(F)F)c3)c3ccccc3Cl)n2)cc1. The zero-order chi connectivity index (χ0) is 25.0. The predicted octanol–water partition coefficient (Wildman–Crippen LogP) is 7.25. The number of para-hydroxylation sites is 1. The zero-order valence-corrected chi connectivity index (χ0v) is 20.2. The molecule has 0 bridgehead atoms. The number of hydrogen-bond acceptors (Lipinski definition) is 4. The smallest absolute Gasteiger partial charge is 0.350 e. The quantitative estimate of drug-likeness (QED) is 0.282. The molecule has 0 unspecified atom stereocenters. The molecule has 1 amide bonds. The Hall–Kier alpha value is -3.36. The summed E-state index contributed by atoms with van der Waals surface area (Å²) in [6, 6.07) is 20.0. The topological polar surface area (TPSA) is 45.2 Å². The third kappa shape index (κ3) is 6.21. The largest absolute Gasteiger partial charge is 0.416 e. The number of aromatic nitrogens is 1. The second-order valence-corrected chi connectivity index (χ2v) is 9.14. The molecule has 180 valence electrons. The summed E-state index contributed by atoms with van der Waals surface area (Å²) in [5.41, 5.74) is 3.06. The molecule has 4 aromatic rings. The highest BCUT2D eigenvalue weighted by molar-refractivity contribution is 7.14. The van der Waals surface area contributed by atoms with Crippen molar-refractivity contribution in [3.05, 3.63) is 99.9 Å². The minimum atomic E-state index is -4.44. The van der Waals surface area contributed by atoms with E-state index in [9.17, 15) is 18.0 Å². The van der Waals surface area contributed by atoms with Crippen molar-refractivity contribution >= 4 is 39.7 Å². The summed E-state index contributed by atoms with van der Waals surface area (Å²) in [6.45, 7) is 1.86. The van der Waals surface area contributed by atoms with Gasteiger partial charge in [-0.15, -0.1) is 11.3 Å². The molecular weight excluding hydrogens is 495 g/mol. The molecule has 0 saturated heterocycles. The summed E-state index contributed by atoms with van der Waals surface area (Å²) < 4.78 is 39.0. The fourth-order valence-corrected chi connectivity index (χ4v) is 4.51. The molecule has 35 heavy (non-hydrogen) atoms. The Kier molecular flexibility index (Phi) is 7.42. The normalized spacial score (nSPS) is 11.3. The number of thiazole rings is 1. The maximum atomic E-state index is 13.0. The molecule has 1 N–H and O–H groups in total. The number of nitrogens with zero attached hydrogens (tertiary/aromatic N) is 2. The van der Waals surface area contributed by atoms with Crippen molar-refractivity contribution in [2.45, 2.75) is 19.6 Å². The minimum absolute atomic E-state index is 0.0361. The molecule has 0 aliphatic heterocycles. The number of aryl methyl sites for hydroxylation is 1. The van der Waals surface area contributed by atoms with Crippen LogP contribution in [0.5, 0.6) is 0 Å². The number of hydrogen-bond donors (Lipinski definition) is 1. The maximum Gasteiger partial charge on any atom is 0.416 e. The second kappa shape index (κ2) is 10.5. The third-order valence-corrected chi connectivity index (χ3v) is 6.44. The van der Waals surface area contributed by atoms with Crippen LogP contribution in [0.1, 0.15) is 16.7 Å². The van der Waals surface area contributed by atoms with Gasteiger partial charge in [0, 0.05) is 17.5 Å². The van der Waals surface area contributed by atoms with Crippen LogP contribution >= 0.6 is 22.9 Å². The van der Waals surface area contributed by atoms with Crippen molar-refractivity contribution in [1.29, 1.82) is 0 Å². The van der Waals surface area contributed by atoms with Crippen LogP contribution in [-0.4, -0.2) is 17.4 Å². The zero-order valence-electron chi connectivity index (χ0n) is 18.6. The second-order valence-electron chi connectivity index (χ2n) is 7.89. The van der Waals surface area contributed by atoms with E-state index >= 15 is 0 Å². The van der Waals surface area contributed by atoms with Crippen LogP contribution in [0.4, 0.5) is 24.0 Å². The number of carbonyl (C=O) groups excluding carboxylic acids is 1. The molecule has 1 aromatic heterocycles. The average molecular weight is 516 g/mol. The average Bonchev–Trinajstić information content (AvgIpc) is 3.32. The standard InChI is InChI=1S/C26H21ClF3N3OS/c1-17-9-11-19(12-10-17)22-16-35-25(32-22)33(23-8-3-2-7-21(23)27)15-24(34)31-14-18-5-4-6-20(13-18)26(28,29)30/h2-13,16H,14-15H2,1H3,(H,31,34). The third-order valence-electron chi connectivity index (χ3n) is 5.26. The fourth-order valence-electron chi connectivity index (χ4n) is 3.43. The van der Waals surface area contributed by atoms with E-state index < -0.39 is 11.7 Å². The lowest BCUT2D eigenvalue weighted by molar-refractivity contribution is -0.137. The summed E-state index contributed by atoms with van der Waals surface area (Å²) in [5, 5.41) is 5.63. The Morgan fingerprint density at radius 2 is 1.80 bits per heavy atom. The molecule has 0 aliphatic rings. The van der Waals surface area contributed by atoms with Crippen LogP contribution in [0.3, 0.4) is 0 Å². The van der Waals surface area contributed by atoms with Crippen molar-refractivity contribution in [2.75, 3.05) is 11.4 Å². The summed E-state index contributed by atoms with van der Waals surface area (Å²) in [5.74, 6) is -0.380. The molecule has 0 fully saturated rings. The molecule has 1 heterocycles. The number of alkyl halides is 3. The number of nitrogens with one attached hydrogen (secondary N) is 1. The minimum Gasteiger partial charge on any atom is -0.350 e. The number of anilines is 2. The van der Waals surface area contributed by atoms with Gasteiger partial charge in [0.2, 0.25) is 5.91 Å². The molecule has 9 heteroatoms. The first-order valence-corrected chi connectivity index (χ1v) is 11.9. The van der Waals surface area contributed by atoms with E-state index in [4.69, 9.17) is 16.6 Å². The van der Waals surface area contributed by atoms with Crippen LogP contribution in [0, 0.1) is 6.92 Å². The first kappa shape index (κ1) is 24.8. The van der Waals surface area contributed by atoms with E-state index in [-0.39, 0.29) is 19.0 Å². The van der Waals surface area contributed by atoms with Gasteiger partial charge >= 0.3 is 6.18 Å². The van der Waals surface area contributed by atoms with Crippen molar-refractivity contribution in [2.24, 2.45) is 0 Å². The van der Waals surface area contributed by atoms with Gasteiger partial charge in [-0.05, 0) is 36.8 Å². The summed E-state index contributed by atoms with van der Waals surface area (Å²) in [6.07, 6.45) is -4.44. The van der Waals surface area contributed by atoms with Gasteiger partial charge in [-0.1, -0.05) is 65.7 Å². The Balaban J connectivity index is 1.54. The molecule has 4 rings (SSSR count). The lowest BCUT2D eigenvalue weighted by Crippen LogP contribution is -2.34. The van der Waals surface area contributed by atoms with Crippen LogP contribution in [-0.2, 0) is 17.5 Å². The molecule has 0 radical (unpaired) electrons.